The third-order valence-corrected chi connectivity index (χ3v) is 3.93. The zero-order valence-electron chi connectivity index (χ0n) is 12.8. The molecule has 1 amide bonds. The molecular formula is C15H25N5O. The van der Waals surface area contributed by atoms with E-state index in [1.54, 1.807) is 0 Å². The summed E-state index contributed by atoms with van der Waals surface area (Å²) in [5.74, 6) is 6.14. The summed E-state index contributed by atoms with van der Waals surface area (Å²) in [7, 11) is 0. The van der Waals surface area contributed by atoms with Crippen molar-refractivity contribution in [1.29, 1.82) is 0 Å². The maximum atomic E-state index is 12.2. The number of hydrazine groups is 1. The monoisotopic (exact) mass is 291 g/mol. The highest BCUT2D eigenvalue weighted by Crippen LogP contribution is 2.19. The van der Waals surface area contributed by atoms with Crippen molar-refractivity contribution in [1.82, 2.24) is 15.1 Å². The summed E-state index contributed by atoms with van der Waals surface area (Å²) in [6, 6.07) is 1.88. The van der Waals surface area contributed by atoms with Crippen molar-refractivity contribution in [2.24, 2.45) is 5.84 Å². The smallest absolute Gasteiger partial charge is 0.222 e. The minimum Gasteiger partial charge on any atom is -0.338 e. The second-order valence-corrected chi connectivity index (χ2v) is 5.58. The second-order valence-electron chi connectivity index (χ2n) is 5.58. The Bertz CT molecular complexity index is 477. The minimum absolute atomic E-state index is 0.246. The second kappa shape index (κ2) is 7.93. The summed E-state index contributed by atoms with van der Waals surface area (Å²) in [5.41, 5.74) is 4.52. The van der Waals surface area contributed by atoms with Crippen LogP contribution in [-0.4, -0.2) is 27.5 Å². The summed E-state index contributed by atoms with van der Waals surface area (Å²) >= 11 is 0. The van der Waals surface area contributed by atoms with Gasteiger partial charge in [-0.05, 0) is 18.1 Å². The Balaban J connectivity index is 1.84. The maximum Gasteiger partial charge on any atom is 0.222 e. The van der Waals surface area contributed by atoms with Crippen molar-refractivity contribution in [3.05, 3.63) is 17.3 Å². The summed E-state index contributed by atoms with van der Waals surface area (Å²) in [5, 5.41) is 8.12. The highest BCUT2D eigenvalue weighted by Gasteiger charge is 2.21. The van der Waals surface area contributed by atoms with Crippen molar-refractivity contribution in [3.63, 3.8) is 0 Å². The van der Waals surface area contributed by atoms with Gasteiger partial charge in [0.2, 0.25) is 5.91 Å². The van der Waals surface area contributed by atoms with Crippen molar-refractivity contribution in [2.75, 3.05) is 12.0 Å². The Hall–Kier alpha value is -1.69. The van der Waals surface area contributed by atoms with Gasteiger partial charge in [-0.3, -0.25) is 4.79 Å². The zero-order chi connectivity index (χ0) is 15.1. The highest BCUT2D eigenvalue weighted by atomic mass is 16.2. The van der Waals surface area contributed by atoms with E-state index in [4.69, 9.17) is 5.84 Å². The highest BCUT2D eigenvalue weighted by molar-refractivity contribution is 5.76. The molecule has 0 unspecified atom stereocenters. The van der Waals surface area contributed by atoms with E-state index in [1.807, 2.05) is 11.0 Å². The van der Waals surface area contributed by atoms with E-state index < -0.39 is 0 Å². The van der Waals surface area contributed by atoms with Crippen LogP contribution in [0.3, 0.4) is 0 Å². The summed E-state index contributed by atoms with van der Waals surface area (Å²) < 4.78 is 0. The molecule has 1 aromatic rings. The Labute approximate surface area is 126 Å². The molecule has 0 bridgehead atoms. The van der Waals surface area contributed by atoms with E-state index >= 15 is 0 Å². The summed E-state index contributed by atoms with van der Waals surface area (Å²) in [6.45, 7) is 3.56. The van der Waals surface area contributed by atoms with Crippen molar-refractivity contribution in [2.45, 2.75) is 58.4 Å². The number of nitrogen functional groups attached to an aromatic ring is 1. The summed E-state index contributed by atoms with van der Waals surface area (Å²) in [4.78, 5) is 14.2. The quantitative estimate of drug-likeness (QED) is 0.456. The van der Waals surface area contributed by atoms with Crippen LogP contribution in [0.4, 0.5) is 5.82 Å². The standard InChI is InChI=1S/C15H25N5O/c1-2-3-4-5-6-7-15(21)20-9-8-13-12(11-20)10-14(17-16)19-18-13/h10H,2-9,11,16H2,1H3,(H,17,19). The average molecular weight is 291 g/mol. The van der Waals surface area contributed by atoms with Crippen LogP contribution in [0.15, 0.2) is 6.07 Å². The number of anilines is 1. The van der Waals surface area contributed by atoms with Gasteiger partial charge < -0.3 is 10.3 Å². The van der Waals surface area contributed by atoms with Crippen LogP contribution in [0.25, 0.3) is 0 Å². The molecule has 21 heavy (non-hydrogen) atoms. The van der Waals surface area contributed by atoms with Gasteiger partial charge in [-0.1, -0.05) is 32.6 Å². The predicted molar refractivity (Wildman–Crippen MR) is 82.3 cm³/mol. The van der Waals surface area contributed by atoms with E-state index in [9.17, 15) is 4.79 Å². The van der Waals surface area contributed by atoms with Crippen molar-refractivity contribution in [3.8, 4) is 0 Å². The van der Waals surface area contributed by atoms with Gasteiger partial charge in [0.1, 0.15) is 0 Å². The van der Waals surface area contributed by atoms with Crippen molar-refractivity contribution >= 4 is 11.7 Å². The van der Waals surface area contributed by atoms with E-state index in [0.29, 0.717) is 18.8 Å². The van der Waals surface area contributed by atoms with Gasteiger partial charge >= 0.3 is 0 Å². The summed E-state index contributed by atoms with van der Waals surface area (Å²) in [6.07, 6.45) is 7.29. The molecule has 0 aliphatic carbocycles. The number of carbonyl (C=O) groups excluding carboxylic acids is 1. The molecule has 2 rings (SSSR count). The first-order chi connectivity index (χ1) is 10.2. The normalized spacial score (nSPS) is 13.9. The number of aromatic nitrogens is 2. The van der Waals surface area contributed by atoms with E-state index in [-0.39, 0.29) is 5.91 Å². The molecule has 6 nitrogen and oxygen atoms in total. The molecule has 116 valence electrons. The third kappa shape index (κ3) is 4.39. The van der Waals surface area contributed by atoms with Gasteiger partial charge in [-0.25, -0.2) is 5.84 Å². The topological polar surface area (TPSA) is 84.1 Å². The molecule has 1 aliphatic rings. The first-order valence-electron chi connectivity index (χ1n) is 7.84. The molecule has 0 saturated carbocycles. The first kappa shape index (κ1) is 15.7. The number of fused-ring (bicyclic) bond motifs is 1. The Morgan fingerprint density at radius 2 is 2.14 bits per heavy atom. The van der Waals surface area contributed by atoms with Crippen LogP contribution in [0.2, 0.25) is 0 Å². The number of nitrogens with one attached hydrogen (secondary N) is 1. The average Bonchev–Trinajstić information content (AvgIpc) is 2.53. The molecule has 0 aromatic carbocycles. The third-order valence-electron chi connectivity index (χ3n) is 3.93. The molecule has 2 heterocycles. The number of amides is 1. The number of nitrogens with two attached hydrogens (primary N) is 1. The van der Waals surface area contributed by atoms with Gasteiger partial charge in [-0.15, -0.1) is 5.10 Å². The molecule has 0 atom stereocenters. The maximum absolute atomic E-state index is 12.2. The van der Waals surface area contributed by atoms with Gasteiger partial charge in [0.25, 0.3) is 0 Å². The van der Waals surface area contributed by atoms with Crippen molar-refractivity contribution < 1.29 is 4.79 Å². The molecule has 6 heteroatoms. The number of nitrogens with zero attached hydrogens (tertiary/aromatic N) is 3. The largest absolute Gasteiger partial charge is 0.338 e. The zero-order valence-corrected chi connectivity index (χ0v) is 12.8. The number of rotatable bonds is 7. The SMILES string of the molecule is CCCCCCCC(=O)N1CCc2nnc(NN)cc2C1. The predicted octanol–water partition coefficient (Wildman–Crippen LogP) is 2.01. The lowest BCUT2D eigenvalue weighted by molar-refractivity contribution is -0.132. The van der Waals surface area contributed by atoms with E-state index in [1.165, 1.54) is 19.3 Å². The van der Waals surface area contributed by atoms with E-state index in [0.717, 1.165) is 37.1 Å². The van der Waals surface area contributed by atoms with E-state index in [2.05, 4.69) is 22.5 Å². The van der Waals surface area contributed by atoms with Crippen LogP contribution < -0.4 is 11.3 Å². The molecule has 0 spiro atoms. The molecule has 0 saturated heterocycles. The first-order valence-corrected chi connectivity index (χ1v) is 7.84. The van der Waals surface area contributed by atoms with Crippen LogP contribution >= 0.6 is 0 Å². The fraction of sp³-hybridized carbons (Fsp3) is 0.667. The number of unbranched alkanes of at least 4 members (excludes halogenated alkanes) is 4. The number of hydrogen-bond acceptors (Lipinski definition) is 5. The van der Waals surface area contributed by atoms with Gasteiger partial charge in [0.05, 0.1) is 5.69 Å². The van der Waals surface area contributed by atoms with Gasteiger partial charge in [0.15, 0.2) is 5.82 Å². The molecule has 1 aliphatic heterocycles. The van der Waals surface area contributed by atoms with Crippen LogP contribution in [0.5, 0.6) is 0 Å². The number of carbonyl (C=O) groups is 1. The fourth-order valence-corrected chi connectivity index (χ4v) is 2.65. The lowest BCUT2D eigenvalue weighted by atomic mass is 10.1. The minimum atomic E-state index is 0.246. The lowest BCUT2D eigenvalue weighted by Gasteiger charge is -2.28. The number of hydrogen-bond donors (Lipinski definition) is 2. The lowest BCUT2D eigenvalue weighted by Crippen LogP contribution is -2.36. The fourth-order valence-electron chi connectivity index (χ4n) is 2.65. The Morgan fingerprint density at radius 1 is 1.33 bits per heavy atom. The van der Waals surface area contributed by atoms with Gasteiger partial charge in [0, 0.05) is 25.9 Å². The molecule has 0 fully saturated rings. The molecular weight excluding hydrogens is 266 g/mol. The molecule has 3 N–H and O–H groups in total. The van der Waals surface area contributed by atoms with Crippen LogP contribution in [0.1, 0.15) is 56.7 Å². The Kier molecular flexibility index (Phi) is 5.92. The van der Waals surface area contributed by atoms with Gasteiger partial charge in [-0.2, -0.15) is 5.10 Å². The molecule has 1 aromatic heterocycles. The van der Waals surface area contributed by atoms with Crippen LogP contribution in [0, 0.1) is 0 Å². The molecule has 0 radical (unpaired) electrons. The Morgan fingerprint density at radius 3 is 2.90 bits per heavy atom. The van der Waals surface area contributed by atoms with Crippen LogP contribution in [-0.2, 0) is 17.8 Å².